The van der Waals surface area contributed by atoms with E-state index in [1.807, 2.05) is 59.5 Å². The minimum Gasteiger partial charge on any atom is -0.497 e. The first-order chi connectivity index (χ1) is 18.0. The maximum atomic E-state index is 12.9. The van der Waals surface area contributed by atoms with Crippen LogP contribution in [0, 0.1) is 18.1 Å². The van der Waals surface area contributed by atoms with E-state index in [-0.39, 0.29) is 23.7 Å². The highest BCUT2D eigenvalue weighted by molar-refractivity contribution is 5.98. The molecule has 2 unspecified atom stereocenters. The fourth-order valence-corrected chi connectivity index (χ4v) is 4.75. The summed E-state index contributed by atoms with van der Waals surface area (Å²) >= 11 is 0. The number of ketones is 1. The van der Waals surface area contributed by atoms with Crippen LogP contribution in [-0.2, 0) is 9.78 Å². The van der Waals surface area contributed by atoms with Gasteiger partial charge in [-0.05, 0) is 68.8 Å². The largest absolute Gasteiger partial charge is 0.497 e. The lowest BCUT2D eigenvalue weighted by Crippen LogP contribution is -2.58. The van der Waals surface area contributed by atoms with Crippen molar-refractivity contribution in [3.8, 4) is 18.0 Å². The van der Waals surface area contributed by atoms with Crippen LogP contribution in [0.15, 0.2) is 54.6 Å². The van der Waals surface area contributed by atoms with Crippen LogP contribution in [0.5, 0.6) is 5.75 Å². The van der Waals surface area contributed by atoms with Gasteiger partial charge in [-0.3, -0.25) is 24.3 Å². The molecular weight excluding hydrogens is 480 g/mol. The number of carbonyl (C=O) groups excluding carboxylic acids is 2. The number of hydrogen-bond acceptors (Lipinski definition) is 9. The SMILES string of the molecule is COc1ccc(C(=O)C2CCN(C3CN(C(=O)c4ccccc4)CCC3O)CC2)cc1.OOC#COO. The van der Waals surface area contributed by atoms with Gasteiger partial charge in [0.2, 0.25) is 12.2 Å². The second-order valence-corrected chi connectivity index (χ2v) is 8.83. The second-order valence-electron chi connectivity index (χ2n) is 8.83. The summed E-state index contributed by atoms with van der Waals surface area (Å²) in [7, 11) is 1.61. The first-order valence-electron chi connectivity index (χ1n) is 12.0. The van der Waals surface area contributed by atoms with E-state index in [1.54, 1.807) is 7.11 Å². The predicted molar refractivity (Wildman–Crippen MR) is 134 cm³/mol. The molecule has 2 atom stereocenters. The standard InChI is InChI=1S/C25H30N2O4.C2H2O4/c1-31-21-9-7-18(8-10-21)24(29)19-11-14-26(15-12-19)22-17-27(16-13-23(22)28)25(30)20-5-3-2-4-6-20;3-5-1-2-6-4/h2-10,19,22-23,28H,11-17H2,1H3;3-4H. The second kappa shape index (κ2) is 14.2. The number of aliphatic hydroxyl groups excluding tert-OH is 1. The Labute approximate surface area is 215 Å². The topological polar surface area (TPSA) is 129 Å². The maximum absolute atomic E-state index is 12.9. The van der Waals surface area contributed by atoms with Crippen LogP contribution < -0.4 is 4.74 Å². The van der Waals surface area contributed by atoms with Crippen molar-refractivity contribution in [2.75, 3.05) is 33.3 Å². The maximum Gasteiger partial charge on any atom is 0.253 e. The number of benzene rings is 2. The van der Waals surface area contributed by atoms with E-state index >= 15 is 0 Å². The smallest absolute Gasteiger partial charge is 0.253 e. The molecule has 2 saturated heterocycles. The molecule has 2 heterocycles. The molecular formula is C27H32N2O8. The number of nitrogens with zero attached hydrogens (tertiary/aromatic N) is 2. The Balaban J connectivity index is 0.000000568. The molecule has 2 aromatic rings. The molecule has 0 saturated carbocycles. The molecule has 0 spiro atoms. The Bertz CT molecular complexity index is 1050. The van der Waals surface area contributed by atoms with Crippen molar-refractivity contribution < 1.29 is 39.7 Å². The fourth-order valence-electron chi connectivity index (χ4n) is 4.75. The molecule has 37 heavy (non-hydrogen) atoms. The Morgan fingerprint density at radius 3 is 2.05 bits per heavy atom. The molecule has 0 bridgehead atoms. The van der Waals surface area contributed by atoms with Gasteiger partial charge in [0.1, 0.15) is 5.75 Å². The lowest BCUT2D eigenvalue weighted by molar-refractivity contribution is -0.188. The first-order valence-corrected chi connectivity index (χ1v) is 12.0. The highest BCUT2D eigenvalue weighted by atomic mass is 17.1. The minimum atomic E-state index is -0.450. The molecule has 3 N–H and O–H groups in total. The molecule has 4 rings (SSSR count). The third kappa shape index (κ3) is 7.68. The lowest BCUT2D eigenvalue weighted by atomic mass is 9.87. The molecule has 2 fully saturated rings. The van der Waals surface area contributed by atoms with E-state index in [4.69, 9.17) is 15.3 Å². The Hall–Kier alpha value is -3.62. The van der Waals surface area contributed by atoms with Gasteiger partial charge >= 0.3 is 0 Å². The molecule has 0 aromatic heterocycles. The van der Waals surface area contributed by atoms with E-state index in [2.05, 4.69) is 14.7 Å². The molecule has 2 aromatic carbocycles. The first kappa shape index (κ1) is 28.0. The van der Waals surface area contributed by atoms with Crippen LogP contribution in [0.2, 0.25) is 0 Å². The van der Waals surface area contributed by atoms with Crippen molar-refractivity contribution in [2.45, 2.75) is 31.4 Å². The Kier molecular flexibility index (Phi) is 10.7. The van der Waals surface area contributed by atoms with Gasteiger partial charge < -0.3 is 14.7 Å². The van der Waals surface area contributed by atoms with E-state index in [0.29, 0.717) is 25.1 Å². The molecule has 10 nitrogen and oxygen atoms in total. The van der Waals surface area contributed by atoms with Gasteiger partial charge in [-0.15, -0.1) is 0 Å². The van der Waals surface area contributed by atoms with Crippen molar-refractivity contribution in [3.63, 3.8) is 0 Å². The van der Waals surface area contributed by atoms with E-state index in [0.717, 1.165) is 37.2 Å². The van der Waals surface area contributed by atoms with Gasteiger partial charge in [-0.25, -0.2) is 0 Å². The van der Waals surface area contributed by atoms with Gasteiger partial charge in [0, 0.05) is 30.1 Å². The van der Waals surface area contributed by atoms with Crippen LogP contribution in [0.3, 0.4) is 0 Å². The van der Waals surface area contributed by atoms with Crippen molar-refractivity contribution in [1.29, 1.82) is 0 Å². The number of ether oxygens (including phenoxy) is 1. The van der Waals surface area contributed by atoms with Gasteiger partial charge in [0.05, 0.1) is 19.3 Å². The Morgan fingerprint density at radius 1 is 0.865 bits per heavy atom. The fraction of sp³-hybridized carbons (Fsp3) is 0.407. The molecule has 2 aliphatic heterocycles. The predicted octanol–water partition coefficient (Wildman–Crippen LogP) is 2.75. The van der Waals surface area contributed by atoms with Crippen LogP contribution in [-0.4, -0.2) is 82.5 Å². The van der Waals surface area contributed by atoms with Crippen LogP contribution in [0.1, 0.15) is 40.0 Å². The van der Waals surface area contributed by atoms with E-state index in [9.17, 15) is 14.7 Å². The van der Waals surface area contributed by atoms with Gasteiger partial charge in [0.25, 0.3) is 5.91 Å². The zero-order chi connectivity index (χ0) is 26.6. The number of likely N-dealkylation sites (tertiary alicyclic amines) is 2. The zero-order valence-corrected chi connectivity index (χ0v) is 20.7. The third-order valence-corrected chi connectivity index (χ3v) is 6.73. The number of piperidine rings is 2. The minimum absolute atomic E-state index is 0.00701. The normalized spacial score (nSPS) is 19.9. The van der Waals surface area contributed by atoms with Gasteiger partial charge in [-0.2, -0.15) is 10.5 Å². The lowest BCUT2D eigenvalue weighted by Gasteiger charge is -2.44. The van der Waals surface area contributed by atoms with Crippen molar-refractivity contribution >= 4 is 11.7 Å². The summed E-state index contributed by atoms with van der Waals surface area (Å²) in [6, 6.07) is 16.5. The molecule has 1 amide bonds. The number of amides is 1. The molecule has 0 radical (unpaired) electrons. The Morgan fingerprint density at radius 2 is 1.49 bits per heavy atom. The monoisotopic (exact) mass is 512 g/mol. The molecule has 2 aliphatic rings. The summed E-state index contributed by atoms with van der Waals surface area (Å²) < 4.78 is 5.17. The summed E-state index contributed by atoms with van der Waals surface area (Å²) in [5.41, 5.74) is 1.40. The van der Waals surface area contributed by atoms with E-state index in [1.165, 1.54) is 12.2 Å². The number of rotatable bonds is 5. The quantitative estimate of drug-likeness (QED) is 0.240. The number of Topliss-reactive ketones (excluding diaryl/α,β-unsaturated/α-hetero) is 1. The number of methoxy groups -OCH3 is 1. The molecule has 0 aliphatic carbocycles. The third-order valence-electron chi connectivity index (χ3n) is 6.73. The number of carbonyl (C=O) groups is 2. The number of hydrogen-bond donors (Lipinski definition) is 3. The van der Waals surface area contributed by atoms with Crippen LogP contribution in [0.4, 0.5) is 0 Å². The zero-order valence-electron chi connectivity index (χ0n) is 20.7. The van der Waals surface area contributed by atoms with Crippen molar-refractivity contribution in [2.24, 2.45) is 5.92 Å². The van der Waals surface area contributed by atoms with Gasteiger partial charge in [-0.1, -0.05) is 18.2 Å². The van der Waals surface area contributed by atoms with Crippen molar-refractivity contribution in [3.05, 3.63) is 65.7 Å². The molecule has 10 heteroatoms. The summed E-state index contributed by atoms with van der Waals surface area (Å²) in [5, 5.41) is 25.3. The van der Waals surface area contributed by atoms with Crippen LogP contribution >= 0.6 is 0 Å². The summed E-state index contributed by atoms with van der Waals surface area (Å²) in [6.07, 6.45) is 4.72. The highest BCUT2D eigenvalue weighted by Crippen LogP contribution is 2.27. The average Bonchev–Trinajstić information content (AvgIpc) is 2.96. The number of aliphatic hydroxyl groups is 1. The molecule has 198 valence electrons. The van der Waals surface area contributed by atoms with Crippen LogP contribution in [0.25, 0.3) is 0 Å². The summed E-state index contributed by atoms with van der Waals surface area (Å²) in [6.45, 7) is 2.59. The average molecular weight is 513 g/mol. The van der Waals surface area contributed by atoms with Crippen molar-refractivity contribution in [1.82, 2.24) is 9.80 Å². The summed E-state index contributed by atoms with van der Waals surface area (Å²) in [5.74, 6) is 0.925. The van der Waals surface area contributed by atoms with Gasteiger partial charge in [0.15, 0.2) is 5.78 Å². The summed E-state index contributed by atoms with van der Waals surface area (Å²) in [4.78, 5) is 36.1. The highest BCUT2D eigenvalue weighted by Gasteiger charge is 2.37. The van der Waals surface area contributed by atoms with E-state index < -0.39 is 6.10 Å².